The fourth-order valence-electron chi connectivity index (χ4n) is 2.89. The van der Waals surface area contributed by atoms with Gasteiger partial charge in [-0.1, -0.05) is 0 Å². The second kappa shape index (κ2) is 5.57. The molecule has 2 heterocycles. The lowest BCUT2D eigenvalue weighted by molar-refractivity contribution is -0.245. The summed E-state index contributed by atoms with van der Waals surface area (Å²) in [5.41, 5.74) is -0.474. The molecule has 2 fully saturated rings. The number of amides is 1. The quantitative estimate of drug-likeness (QED) is 0.896. The van der Waals surface area contributed by atoms with E-state index in [1.807, 2.05) is 0 Å². The fraction of sp³-hybridized carbons (Fsp3) is 0.714. The van der Waals surface area contributed by atoms with Crippen molar-refractivity contribution in [2.24, 2.45) is 0 Å². The summed E-state index contributed by atoms with van der Waals surface area (Å²) in [7, 11) is 0. The number of imidazole rings is 1. The normalized spacial score (nSPS) is 27.4. The van der Waals surface area contributed by atoms with E-state index in [9.17, 15) is 18.0 Å². The number of aromatic nitrogens is 2. The average molecular weight is 317 g/mol. The van der Waals surface area contributed by atoms with E-state index in [0.717, 1.165) is 12.8 Å². The Morgan fingerprint density at radius 3 is 2.82 bits per heavy atom. The molecule has 0 aromatic carbocycles. The monoisotopic (exact) mass is 317 g/mol. The van der Waals surface area contributed by atoms with Gasteiger partial charge < -0.3 is 15.0 Å². The van der Waals surface area contributed by atoms with Gasteiger partial charge in [0.15, 0.2) is 6.10 Å². The molecular weight excluding hydrogens is 299 g/mol. The summed E-state index contributed by atoms with van der Waals surface area (Å²) in [6.07, 6.45) is -1.11. The summed E-state index contributed by atoms with van der Waals surface area (Å²) in [5.74, 6) is 0.403. The minimum absolute atomic E-state index is 0.0298. The van der Waals surface area contributed by atoms with E-state index in [2.05, 4.69) is 15.3 Å². The van der Waals surface area contributed by atoms with Crippen LogP contribution in [0.1, 0.15) is 44.3 Å². The molecule has 5 nitrogen and oxygen atoms in total. The molecule has 1 saturated heterocycles. The smallest absolute Gasteiger partial charge is 0.365 e. The first-order valence-electron chi connectivity index (χ1n) is 7.42. The second-order valence-corrected chi connectivity index (χ2v) is 5.99. The molecule has 1 aliphatic heterocycles. The maximum absolute atomic E-state index is 12.7. The predicted octanol–water partition coefficient (Wildman–Crippen LogP) is 2.41. The third-order valence-corrected chi connectivity index (χ3v) is 4.21. The van der Waals surface area contributed by atoms with Gasteiger partial charge in [-0.2, -0.15) is 13.2 Å². The van der Waals surface area contributed by atoms with Gasteiger partial charge in [0.1, 0.15) is 5.82 Å². The Balaban J connectivity index is 1.54. The van der Waals surface area contributed by atoms with Crippen LogP contribution in [-0.4, -0.2) is 34.3 Å². The Labute approximate surface area is 125 Å². The van der Waals surface area contributed by atoms with Crippen LogP contribution >= 0.6 is 0 Å². The standard InChI is InChI=1S/C14H18F3N3O2/c15-14(16,17)10-3-1-2-9(22-10)8-11(21)20-13(4-5-13)12-18-6-7-19-12/h6-7,9-10H,1-5,8H2,(H,18,19)(H,20,21). The highest BCUT2D eigenvalue weighted by Gasteiger charge is 2.48. The molecule has 1 amide bonds. The highest BCUT2D eigenvalue weighted by Crippen LogP contribution is 2.44. The van der Waals surface area contributed by atoms with E-state index >= 15 is 0 Å². The van der Waals surface area contributed by atoms with Crippen LogP contribution < -0.4 is 5.32 Å². The number of ether oxygens (including phenoxy) is 1. The van der Waals surface area contributed by atoms with E-state index < -0.39 is 23.9 Å². The van der Waals surface area contributed by atoms with Crippen LogP contribution in [0.25, 0.3) is 0 Å². The zero-order chi connectivity index (χ0) is 15.8. The molecule has 2 aliphatic rings. The lowest BCUT2D eigenvalue weighted by Crippen LogP contribution is -2.42. The van der Waals surface area contributed by atoms with Crippen molar-refractivity contribution in [3.05, 3.63) is 18.2 Å². The van der Waals surface area contributed by atoms with Crippen LogP contribution in [0.5, 0.6) is 0 Å². The van der Waals surface area contributed by atoms with E-state index in [0.29, 0.717) is 18.7 Å². The van der Waals surface area contributed by atoms with Crippen LogP contribution in [-0.2, 0) is 15.1 Å². The molecule has 0 bridgehead atoms. The van der Waals surface area contributed by atoms with Crippen LogP contribution in [0, 0.1) is 0 Å². The van der Waals surface area contributed by atoms with Crippen LogP contribution in [0.2, 0.25) is 0 Å². The topological polar surface area (TPSA) is 67.0 Å². The molecule has 1 aromatic heterocycles. The van der Waals surface area contributed by atoms with Gasteiger partial charge in [0.25, 0.3) is 0 Å². The molecule has 1 aromatic rings. The summed E-state index contributed by atoms with van der Waals surface area (Å²) in [6.45, 7) is 0. The summed E-state index contributed by atoms with van der Waals surface area (Å²) >= 11 is 0. The number of carbonyl (C=O) groups is 1. The third kappa shape index (κ3) is 3.26. The van der Waals surface area contributed by atoms with Crippen molar-refractivity contribution in [1.82, 2.24) is 15.3 Å². The predicted molar refractivity (Wildman–Crippen MR) is 70.8 cm³/mol. The fourth-order valence-corrected chi connectivity index (χ4v) is 2.89. The Morgan fingerprint density at radius 1 is 1.45 bits per heavy atom. The minimum Gasteiger partial charge on any atom is -0.365 e. The summed E-state index contributed by atoms with van der Waals surface area (Å²) in [4.78, 5) is 19.2. The van der Waals surface area contributed by atoms with Crippen LogP contribution in [0.3, 0.4) is 0 Å². The van der Waals surface area contributed by atoms with Gasteiger partial charge in [0.2, 0.25) is 5.91 Å². The molecular formula is C14H18F3N3O2. The summed E-state index contributed by atoms with van der Waals surface area (Å²) < 4.78 is 43.1. The van der Waals surface area contributed by atoms with E-state index in [1.165, 1.54) is 0 Å². The molecule has 0 radical (unpaired) electrons. The van der Waals surface area contributed by atoms with Crippen molar-refractivity contribution in [2.45, 2.75) is 62.4 Å². The molecule has 1 saturated carbocycles. The molecule has 0 spiro atoms. The molecule has 2 atom stereocenters. The number of carbonyl (C=O) groups excluding carboxylic acids is 1. The van der Waals surface area contributed by atoms with Gasteiger partial charge in [-0.05, 0) is 32.1 Å². The van der Waals surface area contributed by atoms with Gasteiger partial charge in [-0.3, -0.25) is 4.79 Å². The lowest BCUT2D eigenvalue weighted by Gasteiger charge is -2.31. The number of alkyl halides is 3. The average Bonchev–Trinajstić information content (AvgIpc) is 3.01. The molecule has 122 valence electrons. The van der Waals surface area contributed by atoms with Crippen LogP contribution in [0.15, 0.2) is 12.4 Å². The number of rotatable bonds is 4. The number of nitrogens with zero attached hydrogens (tertiary/aromatic N) is 1. The van der Waals surface area contributed by atoms with Crippen molar-refractivity contribution < 1.29 is 22.7 Å². The summed E-state index contributed by atoms with van der Waals surface area (Å²) in [5, 5.41) is 2.88. The number of H-pyrrole nitrogens is 1. The highest BCUT2D eigenvalue weighted by molar-refractivity contribution is 5.78. The van der Waals surface area contributed by atoms with Crippen molar-refractivity contribution in [2.75, 3.05) is 0 Å². The SMILES string of the molecule is O=C(CC1CCCC(C(F)(F)F)O1)NC1(c2ncc[nH]2)CC1. The first-order valence-corrected chi connectivity index (χ1v) is 7.42. The van der Waals surface area contributed by atoms with Gasteiger partial charge >= 0.3 is 6.18 Å². The van der Waals surface area contributed by atoms with Gasteiger partial charge in [-0.25, -0.2) is 4.98 Å². The number of halogens is 3. The van der Waals surface area contributed by atoms with Gasteiger partial charge in [0, 0.05) is 12.4 Å². The third-order valence-electron chi connectivity index (χ3n) is 4.21. The largest absolute Gasteiger partial charge is 0.414 e. The molecule has 8 heteroatoms. The van der Waals surface area contributed by atoms with Crippen molar-refractivity contribution >= 4 is 5.91 Å². The van der Waals surface area contributed by atoms with E-state index in [-0.39, 0.29) is 18.7 Å². The number of nitrogens with one attached hydrogen (secondary N) is 2. The Kier molecular flexibility index (Phi) is 3.88. The Hall–Kier alpha value is -1.57. The molecule has 2 unspecified atom stereocenters. The Morgan fingerprint density at radius 2 is 2.23 bits per heavy atom. The summed E-state index contributed by atoms with van der Waals surface area (Å²) in [6, 6.07) is 0. The van der Waals surface area contributed by atoms with E-state index in [1.54, 1.807) is 12.4 Å². The zero-order valence-corrected chi connectivity index (χ0v) is 11.9. The van der Waals surface area contributed by atoms with Crippen molar-refractivity contribution in [3.63, 3.8) is 0 Å². The number of hydrogen-bond acceptors (Lipinski definition) is 3. The number of aromatic amines is 1. The van der Waals surface area contributed by atoms with Crippen LogP contribution in [0.4, 0.5) is 13.2 Å². The van der Waals surface area contributed by atoms with Gasteiger partial charge in [-0.15, -0.1) is 0 Å². The first-order chi connectivity index (χ1) is 10.4. The maximum atomic E-state index is 12.7. The van der Waals surface area contributed by atoms with Crippen molar-refractivity contribution in [1.29, 1.82) is 0 Å². The zero-order valence-electron chi connectivity index (χ0n) is 11.9. The highest BCUT2D eigenvalue weighted by atomic mass is 19.4. The van der Waals surface area contributed by atoms with Gasteiger partial charge in [0.05, 0.1) is 18.1 Å². The second-order valence-electron chi connectivity index (χ2n) is 5.99. The first kappa shape index (κ1) is 15.3. The lowest BCUT2D eigenvalue weighted by atomic mass is 10.0. The van der Waals surface area contributed by atoms with Crippen molar-refractivity contribution in [3.8, 4) is 0 Å². The molecule has 22 heavy (non-hydrogen) atoms. The molecule has 1 aliphatic carbocycles. The Bertz CT molecular complexity index is 526. The molecule has 2 N–H and O–H groups in total. The minimum atomic E-state index is -4.36. The maximum Gasteiger partial charge on any atom is 0.414 e. The number of hydrogen-bond donors (Lipinski definition) is 2. The molecule has 3 rings (SSSR count). The van der Waals surface area contributed by atoms with E-state index in [4.69, 9.17) is 4.74 Å².